The number of anilines is 2. The van der Waals surface area contributed by atoms with Gasteiger partial charge in [0.15, 0.2) is 6.73 Å². The Balaban J connectivity index is 0.00000210. The van der Waals surface area contributed by atoms with Gasteiger partial charge in [0, 0.05) is 25.9 Å². The molecule has 0 atom stereocenters. The van der Waals surface area contributed by atoms with Crippen LogP contribution in [0.1, 0.15) is 10.4 Å². The van der Waals surface area contributed by atoms with Gasteiger partial charge in [-0.3, -0.25) is 4.48 Å². The average molecular weight is 554 g/mol. The van der Waals surface area contributed by atoms with Crippen molar-refractivity contribution in [2.24, 2.45) is 4.99 Å². The van der Waals surface area contributed by atoms with Crippen LogP contribution in [0.25, 0.3) is 0 Å². The van der Waals surface area contributed by atoms with Gasteiger partial charge in [-0.2, -0.15) is 0 Å². The molecule has 1 aromatic heterocycles. The Morgan fingerprint density at radius 1 is 1.33 bits per heavy atom. The Labute approximate surface area is 177 Å². The summed E-state index contributed by atoms with van der Waals surface area (Å²) < 4.78 is 5.60. The van der Waals surface area contributed by atoms with Gasteiger partial charge < -0.3 is 19.7 Å². The van der Waals surface area contributed by atoms with E-state index in [9.17, 15) is 4.79 Å². The number of nitrogens with zero attached hydrogens (tertiary/aromatic N) is 3. The molecule has 0 spiro atoms. The number of ether oxygens (including phenoxy) is 1. The minimum atomic E-state index is 0. The molecule has 0 bridgehead atoms. The Hall–Kier alpha value is -1.69. The molecular weight excluding hydrogens is 532 g/mol. The van der Waals surface area contributed by atoms with Crippen molar-refractivity contribution in [3.05, 3.63) is 40.8 Å². The first-order chi connectivity index (χ1) is 12.6. The van der Waals surface area contributed by atoms with Crippen LogP contribution in [0.15, 0.2) is 35.3 Å². The molecule has 1 fully saturated rings. The van der Waals surface area contributed by atoms with Crippen LogP contribution in [-0.2, 0) is 30.6 Å². The van der Waals surface area contributed by atoms with Crippen LogP contribution in [0.3, 0.4) is 0 Å². The molecule has 0 radical (unpaired) electrons. The summed E-state index contributed by atoms with van der Waals surface area (Å²) in [6.45, 7) is 7.57. The summed E-state index contributed by atoms with van der Waals surface area (Å²) in [7, 11) is 2.11. The van der Waals surface area contributed by atoms with Gasteiger partial charge in [-0.15, -0.1) is 11.3 Å². The molecule has 0 saturated carbocycles. The Kier molecular flexibility index (Phi) is 6.04. The van der Waals surface area contributed by atoms with Crippen molar-refractivity contribution in [3.8, 4) is 0 Å². The summed E-state index contributed by atoms with van der Waals surface area (Å²) >= 11 is 1.76. The van der Waals surface area contributed by atoms with Crippen LogP contribution < -0.4 is 5.32 Å². The molecule has 0 unspecified atom stereocenters. The van der Waals surface area contributed by atoms with Gasteiger partial charge in [0.05, 0.1) is 50.2 Å². The maximum absolute atomic E-state index is 10.4. The average Bonchev–Trinajstić information content (AvgIpc) is 2.93. The van der Waals surface area contributed by atoms with Gasteiger partial charge in [0.2, 0.25) is 0 Å². The predicted octanol–water partition coefficient (Wildman–Crippen LogP) is 2.99. The molecule has 142 valence electrons. The molecule has 0 amide bonds. The summed E-state index contributed by atoms with van der Waals surface area (Å²) in [4.78, 5) is 19.0. The van der Waals surface area contributed by atoms with Crippen LogP contribution in [-0.4, -0.2) is 61.6 Å². The van der Waals surface area contributed by atoms with Crippen LogP contribution in [0.5, 0.6) is 0 Å². The number of carbonyl (C=O) groups excluding carboxylic acids is 1. The summed E-state index contributed by atoms with van der Waals surface area (Å²) in [5, 5.41) is 4.69. The number of hydrogen-bond donors (Lipinski definition) is 1. The van der Waals surface area contributed by atoms with Crippen molar-refractivity contribution in [2.45, 2.75) is 6.92 Å². The topological polar surface area (TPSA) is 53.9 Å². The fraction of sp³-hybridized carbons (Fsp3) is 0.368. The van der Waals surface area contributed by atoms with E-state index in [0.717, 1.165) is 54.0 Å². The van der Waals surface area contributed by atoms with Crippen LogP contribution in [0, 0.1) is 6.92 Å². The molecule has 2 aliphatic heterocycles. The Morgan fingerprint density at radius 3 is 2.81 bits per heavy atom. The number of nitrogens with one attached hydrogen (secondary N) is 1. The molecule has 1 saturated heterocycles. The summed E-state index contributed by atoms with van der Waals surface area (Å²) in [6, 6.07) is 10.4. The zero-order chi connectivity index (χ0) is 18.1. The molecule has 0 aliphatic carbocycles. The number of para-hydroxylation sites is 2. The van der Waals surface area contributed by atoms with Gasteiger partial charge in [-0.25, -0.2) is 4.99 Å². The van der Waals surface area contributed by atoms with E-state index in [2.05, 4.69) is 36.3 Å². The van der Waals surface area contributed by atoms with Gasteiger partial charge in [-0.05, 0) is 25.1 Å². The number of aryl methyl sites for hydroxylation is 1. The van der Waals surface area contributed by atoms with E-state index in [-0.39, 0.29) is 21.1 Å². The number of amidine groups is 1. The van der Waals surface area contributed by atoms with Crippen LogP contribution in [0.4, 0.5) is 16.4 Å². The third-order valence-electron chi connectivity index (χ3n) is 5.03. The number of aliphatic imine (C=N–C) groups is 1. The molecule has 2 aromatic rings. The second kappa shape index (κ2) is 8.13. The number of quaternary nitrogens is 1. The van der Waals surface area contributed by atoms with Crippen molar-refractivity contribution in [1.82, 2.24) is 4.90 Å². The molecule has 27 heavy (non-hydrogen) atoms. The molecule has 8 heteroatoms. The van der Waals surface area contributed by atoms with E-state index in [4.69, 9.17) is 9.73 Å². The molecule has 3 heterocycles. The first kappa shape index (κ1) is 20.1. The third-order valence-corrected chi connectivity index (χ3v) is 5.99. The standard InChI is InChI=1S/C19H22N4O2S.W/c1-14-11-15-18(22-7-9-23(2,10-8-22)12-25-13-24)20-16-5-3-4-6-17(16)21-19(15)26-14;/h3-6,11,21H,7-10,12H2,1-2H3;. The molecule has 4 rings (SSSR count). The van der Waals surface area contributed by atoms with E-state index in [0.29, 0.717) is 11.2 Å². The van der Waals surface area contributed by atoms with Crippen LogP contribution >= 0.6 is 11.3 Å². The number of hydrogen-bond acceptors (Lipinski definition) is 6. The van der Waals surface area contributed by atoms with Gasteiger partial charge in [-0.1, -0.05) is 18.6 Å². The fourth-order valence-electron chi connectivity index (χ4n) is 3.46. The molecular formula is C19H22N4O2SW. The summed E-state index contributed by atoms with van der Waals surface area (Å²) in [6.07, 6.45) is 0. The number of thiophene rings is 1. The van der Waals surface area contributed by atoms with E-state index in [1.807, 2.05) is 18.2 Å². The molecule has 1 aromatic carbocycles. The number of piperazine rings is 1. The number of fused-ring (bicyclic) bond motifs is 2. The van der Waals surface area contributed by atoms with E-state index in [1.54, 1.807) is 11.3 Å². The van der Waals surface area contributed by atoms with Gasteiger partial charge in [0.25, 0.3) is 0 Å². The summed E-state index contributed by atoms with van der Waals surface area (Å²) in [5.74, 6) is 1.02. The maximum atomic E-state index is 10.4. The van der Waals surface area contributed by atoms with E-state index >= 15 is 0 Å². The van der Waals surface area contributed by atoms with E-state index in [1.165, 1.54) is 11.3 Å². The number of benzene rings is 1. The molecule has 2 aliphatic rings. The maximum Gasteiger partial charge on any atom is 0.191 e. The monoisotopic (exact) mass is 554 g/mol. The van der Waals surface area contributed by atoms with Crippen LogP contribution in [0.2, 0.25) is 0 Å². The molecule has 1 N–H and O–H groups in total. The SMILES string of the molecule is Cc1cc2c(s1)Nc1ccccc1N=C2N1CC[N+](C)(CO[C-]=O)CC1.[W]. The number of rotatable bonds is 3. The first-order valence-electron chi connectivity index (χ1n) is 8.71. The summed E-state index contributed by atoms with van der Waals surface area (Å²) in [5.41, 5.74) is 3.17. The smallest absolute Gasteiger partial charge is 0.191 e. The quantitative estimate of drug-likeness (QED) is 0.469. The largest absolute Gasteiger partial charge is 0.613 e. The van der Waals surface area contributed by atoms with E-state index < -0.39 is 0 Å². The van der Waals surface area contributed by atoms with Gasteiger partial charge in [0.1, 0.15) is 10.8 Å². The van der Waals surface area contributed by atoms with Crippen molar-refractivity contribution in [2.75, 3.05) is 45.3 Å². The minimum absolute atomic E-state index is 0. The molecule has 6 nitrogen and oxygen atoms in total. The first-order valence-corrected chi connectivity index (χ1v) is 9.53. The number of likely N-dealkylation sites (N-methyl/N-ethyl adjacent to an activating group) is 1. The second-order valence-electron chi connectivity index (χ2n) is 7.09. The third kappa shape index (κ3) is 4.10. The Bertz CT molecular complexity index is 859. The predicted molar refractivity (Wildman–Crippen MR) is 104 cm³/mol. The van der Waals surface area contributed by atoms with Gasteiger partial charge >= 0.3 is 0 Å². The van der Waals surface area contributed by atoms with Crippen molar-refractivity contribution in [3.63, 3.8) is 0 Å². The zero-order valence-electron chi connectivity index (χ0n) is 15.4. The zero-order valence-corrected chi connectivity index (χ0v) is 19.1. The van der Waals surface area contributed by atoms with Crippen molar-refractivity contribution >= 4 is 40.0 Å². The van der Waals surface area contributed by atoms with Crippen molar-refractivity contribution < 1.29 is 35.1 Å². The normalized spacial score (nSPS) is 17.4. The minimum Gasteiger partial charge on any atom is -0.613 e. The fourth-order valence-corrected chi connectivity index (χ4v) is 4.38. The van der Waals surface area contributed by atoms with Crippen molar-refractivity contribution in [1.29, 1.82) is 0 Å². The second-order valence-corrected chi connectivity index (χ2v) is 8.34. The Morgan fingerprint density at radius 2 is 2.07 bits per heavy atom.